The fourth-order valence-electron chi connectivity index (χ4n) is 2.70. The van der Waals surface area contributed by atoms with Gasteiger partial charge in [0.15, 0.2) is 0 Å². The minimum atomic E-state index is 0.0111. The molecule has 0 bridgehead atoms. The number of imidazole rings is 1. The highest BCUT2D eigenvalue weighted by atomic mass is 16.2. The highest BCUT2D eigenvalue weighted by Crippen LogP contribution is 2.16. The summed E-state index contributed by atoms with van der Waals surface area (Å²) in [5.41, 5.74) is 4.94. The summed E-state index contributed by atoms with van der Waals surface area (Å²) >= 11 is 0. The second kappa shape index (κ2) is 6.28. The van der Waals surface area contributed by atoms with Crippen molar-refractivity contribution in [2.24, 2.45) is 0 Å². The molecule has 5 heteroatoms. The Balaban J connectivity index is 1.66. The first-order chi connectivity index (χ1) is 11.1. The van der Waals surface area contributed by atoms with Crippen LogP contribution in [0, 0.1) is 6.92 Å². The average molecular weight is 310 g/mol. The third-order valence-corrected chi connectivity index (χ3v) is 4.15. The van der Waals surface area contributed by atoms with E-state index in [1.54, 1.807) is 4.90 Å². The number of aromatic amines is 2. The number of rotatable bonds is 5. The second-order valence-corrected chi connectivity index (χ2v) is 5.88. The minimum Gasteiger partial charge on any atom is -0.354 e. The van der Waals surface area contributed by atoms with Gasteiger partial charge in [0.05, 0.1) is 11.0 Å². The fraction of sp³-hybridized carbons (Fsp3) is 0.333. The van der Waals surface area contributed by atoms with Crippen LogP contribution in [0.25, 0.3) is 11.0 Å². The number of aryl methyl sites for hydroxylation is 2. The van der Waals surface area contributed by atoms with Gasteiger partial charge in [-0.3, -0.25) is 4.79 Å². The maximum Gasteiger partial charge on any atom is 0.270 e. The lowest BCUT2D eigenvalue weighted by molar-refractivity contribution is 0.0791. The summed E-state index contributed by atoms with van der Waals surface area (Å²) < 4.78 is 0. The summed E-state index contributed by atoms with van der Waals surface area (Å²) in [6.45, 7) is 4.74. The first kappa shape index (κ1) is 15.3. The summed E-state index contributed by atoms with van der Waals surface area (Å²) in [5, 5.41) is 0. The number of likely N-dealkylation sites (N-methyl/N-ethyl adjacent to an activating group) is 1. The van der Waals surface area contributed by atoms with Gasteiger partial charge in [-0.15, -0.1) is 0 Å². The van der Waals surface area contributed by atoms with E-state index in [9.17, 15) is 4.79 Å². The van der Waals surface area contributed by atoms with Crippen LogP contribution in [0.1, 0.15) is 34.5 Å². The molecule has 0 radical (unpaired) electrons. The van der Waals surface area contributed by atoms with Crippen molar-refractivity contribution in [2.75, 3.05) is 13.6 Å². The van der Waals surface area contributed by atoms with Crippen LogP contribution in [0.4, 0.5) is 0 Å². The largest absolute Gasteiger partial charge is 0.354 e. The summed E-state index contributed by atoms with van der Waals surface area (Å²) in [6.07, 6.45) is 1.60. The van der Waals surface area contributed by atoms with Crippen LogP contribution < -0.4 is 0 Å². The highest BCUT2D eigenvalue weighted by molar-refractivity contribution is 5.92. The predicted molar refractivity (Wildman–Crippen MR) is 91.7 cm³/mol. The van der Waals surface area contributed by atoms with Crippen molar-refractivity contribution in [3.8, 4) is 0 Å². The van der Waals surface area contributed by atoms with Crippen molar-refractivity contribution >= 4 is 16.9 Å². The van der Waals surface area contributed by atoms with Crippen LogP contribution in [-0.2, 0) is 12.8 Å². The topological polar surface area (TPSA) is 64.8 Å². The normalized spacial score (nSPS) is 11.1. The maximum absolute atomic E-state index is 12.4. The molecule has 0 spiro atoms. The number of nitrogens with one attached hydrogen (secondary N) is 2. The molecule has 5 nitrogen and oxygen atoms in total. The van der Waals surface area contributed by atoms with E-state index < -0.39 is 0 Å². The number of carbonyl (C=O) groups is 1. The molecular formula is C18H22N4O. The van der Waals surface area contributed by atoms with Gasteiger partial charge in [-0.1, -0.05) is 19.1 Å². The molecule has 1 amide bonds. The zero-order valence-corrected chi connectivity index (χ0v) is 13.8. The average Bonchev–Trinajstić information content (AvgIpc) is 3.19. The molecule has 0 aliphatic carbocycles. The van der Waals surface area contributed by atoms with Crippen LogP contribution >= 0.6 is 0 Å². The Morgan fingerprint density at radius 1 is 1.22 bits per heavy atom. The van der Waals surface area contributed by atoms with E-state index in [1.165, 1.54) is 0 Å². The Morgan fingerprint density at radius 2 is 2.04 bits per heavy atom. The van der Waals surface area contributed by atoms with Gasteiger partial charge >= 0.3 is 0 Å². The lowest BCUT2D eigenvalue weighted by Gasteiger charge is -2.15. The van der Waals surface area contributed by atoms with Gasteiger partial charge in [0.1, 0.15) is 11.5 Å². The number of H-pyrrole nitrogens is 2. The molecule has 0 saturated heterocycles. The van der Waals surface area contributed by atoms with E-state index in [0.29, 0.717) is 18.7 Å². The monoisotopic (exact) mass is 310 g/mol. The molecule has 2 N–H and O–H groups in total. The van der Waals surface area contributed by atoms with E-state index >= 15 is 0 Å². The molecule has 0 atom stereocenters. The number of hydrogen-bond donors (Lipinski definition) is 2. The molecule has 0 aliphatic heterocycles. The zero-order valence-electron chi connectivity index (χ0n) is 13.8. The lowest BCUT2D eigenvalue weighted by Crippen LogP contribution is -2.29. The fourth-order valence-corrected chi connectivity index (χ4v) is 2.70. The summed E-state index contributed by atoms with van der Waals surface area (Å²) in [6, 6.07) is 9.91. The van der Waals surface area contributed by atoms with Gasteiger partial charge < -0.3 is 14.9 Å². The number of carbonyl (C=O) groups excluding carboxylic acids is 1. The van der Waals surface area contributed by atoms with Gasteiger partial charge in [-0.05, 0) is 37.1 Å². The summed E-state index contributed by atoms with van der Waals surface area (Å²) in [7, 11) is 1.82. The smallest absolute Gasteiger partial charge is 0.270 e. The van der Waals surface area contributed by atoms with Crippen molar-refractivity contribution < 1.29 is 4.79 Å². The number of para-hydroxylation sites is 1. The van der Waals surface area contributed by atoms with Crippen LogP contribution in [0.2, 0.25) is 0 Å². The molecule has 23 heavy (non-hydrogen) atoms. The lowest BCUT2D eigenvalue weighted by atomic mass is 10.2. The number of aromatic nitrogens is 3. The van der Waals surface area contributed by atoms with Crippen LogP contribution in [0.5, 0.6) is 0 Å². The van der Waals surface area contributed by atoms with Crippen molar-refractivity contribution in [1.29, 1.82) is 0 Å². The Morgan fingerprint density at radius 3 is 2.74 bits per heavy atom. The molecule has 3 rings (SSSR count). The Bertz CT molecular complexity index is 831. The molecular weight excluding hydrogens is 288 g/mol. The SMILES string of the molecule is CCc1ccc(C(=O)N(C)CCc2nc3c(C)cccc3[nH]2)[nH]1. The molecule has 3 aromatic rings. The predicted octanol–water partition coefficient (Wildman–Crippen LogP) is 3.08. The molecule has 0 unspecified atom stereocenters. The van der Waals surface area contributed by atoms with E-state index in [0.717, 1.165) is 34.5 Å². The van der Waals surface area contributed by atoms with Gasteiger partial charge in [0.2, 0.25) is 0 Å². The Hall–Kier alpha value is -2.56. The Labute approximate surface area is 135 Å². The third-order valence-electron chi connectivity index (χ3n) is 4.15. The number of amides is 1. The summed E-state index contributed by atoms with van der Waals surface area (Å²) in [4.78, 5) is 25.2. The first-order valence-electron chi connectivity index (χ1n) is 7.96. The maximum atomic E-state index is 12.4. The third kappa shape index (κ3) is 3.13. The van der Waals surface area contributed by atoms with Crippen molar-refractivity contribution in [2.45, 2.75) is 26.7 Å². The quantitative estimate of drug-likeness (QED) is 0.760. The van der Waals surface area contributed by atoms with Gasteiger partial charge in [0.25, 0.3) is 5.91 Å². The number of fused-ring (bicyclic) bond motifs is 1. The van der Waals surface area contributed by atoms with Crippen molar-refractivity contribution in [1.82, 2.24) is 19.9 Å². The van der Waals surface area contributed by atoms with E-state index in [4.69, 9.17) is 0 Å². The van der Waals surface area contributed by atoms with Crippen molar-refractivity contribution in [3.63, 3.8) is 0 Å². The summed E-state index contributed by atoms with van der Waals surface area (Å²) in [5.74, 6) is 0.923. The minimum absolute atomic E-state index is 0.0111. The molecule has 2 aromatic heterocycles. The molecule has 0 aliphatic rings. The van der Waals surface area contributed by atoms with Crippen LogP contribution in [0.3, 0.4) is 0 Å². The van der Waals surface area contributed by atoms with E-state index in [2.05, 4.69) is 34.9 Å². The number of hydrogen-bond acceptors (Lipinski definition) is 2. The molecule has 0 saturated carbocycles. The Kier molecular flexibility index (Phi) is 4.19. The standard InChI is InChI=1S/C18H22N4O/c1-4-13-8-9-15(19-13)18(23)22(3)11-10-16-20-14-7-5-6-12(2)17(14)21-16/h5-9,19H,4,10-11H2,1-3H3,(H,20,21). The second-order valence-electron chi connectivity index (χ2n) is 5.88. The van der Waals surface area contributed by atoms with E-state index in [1.807, 2.05) is 31.3 Å². The van der Waals surface area contributed by atoms with Gasteiger partial charge in [0, 0.05) is 25.7 Å². The van der Waals surface area contributed by atoms with Gasteiger partial charge in [-0.25, -0.2) is 4.98 Å². The molecule has 0 fully saturated rings. The van der Waals surface area contributed by atoms with Gasteiger partial charge in [-0.2, -0.15) is 0 Å². The number of benzene rings is 1. The van der Waals surface area contributed by atoms with E-state index in [-0.39, 0.29) is 5.91 Å². The highest BCUT2D eigenvalue weighted by Gasteiger charge is 2.14. The van der Waals surface area contributed by atoms with Crippen molar-refractivity contribution in [3.05, 3.63) is 53.1 Å². The molecule has 1 aromatic carbocycles. The molecule has 2 heterocycles. The van der Waals surface area contributed by atoms with Crippen LogP contribution in [0.15, 0.2) is 30.3 Å². The molecule has 120 valence electrons. The van der Waals surface area contributed by atoms with Crippen LogP contribution in [-0.4, -0.2) is 39.4 Å². The zero-order chi connectivity index (χ0) is 16.4. The number of nitrogens with zero attached hydrogens (tertiary/aromatic N) is 2. The first-order valence-corrected chi connectivity index (χ1v) is 7.96.